The first-order valence-electron chi connectivity index (χ1n) is 13.0. The average Bonchev–Trinajstić information content (AvgIpc) is 3.67. The predicted octanol–water partition coefficient (Wildman–Crippen LogP) is -2.81. The molecule has 3 saturated heterocycles. The summed E-state index contributed by atoms with van der Waals surface area (Å²) in [5.74, 6) is -2.92. The van der Waals surface area contributed by atoms with E-state index in [1.165, 1.54) is 27.7 Å². The Hall–Kier alpha value is -3.08. The summed E-state index contributed by atoms with van der Waals surface area (Å²) in [5.41, 5.74) is 5.67. The third-order valence-electron chi connectivity index (χ3n) is 8.12. The van der Waals surface area contributed by atoms with Crippen LogP contribution in [0, 0.1) is 17.8 Å². The molecule has 5 rings (SSSR count). The molecule has 0 radical (unpaired) electrons. The number of fused-ring (bicyclic) bond motifs is 1. The smallest absolute Gasteiger partial charge is 0.353 e. The summed E-state index contributed by atoms with van der Waals surface area (Å²) in [4.78, 5) is 54.4. The van der Waals surface area contributed by atoms with Crippen LogP contribution in [-0.2, 0) is 25.7 Å². The second kappa shape index (κ2) is 10.8. The fourth-order valence-electron chi connectivity index (χ4n) is 6.13. The number of carboxylic acid groups (broad SMARTS) is 1. The van der Waals surface area contributed by atoms with Gasteiger partial charge in [-0.2, -0.15) is 0 Å². The minimum atomic E-state index is -1.17. The molecule has 5 heterocycles. The lowest BCUT2D eigenvalue weighted by atomic mass is 9.78. The number of β-lactam (4-membered cyclic amide) rings is 1. The number of β-amino-alcohol motifs (C(OH)–C–C–N with tert-alkyl or cyclic N) is 1. The highest BCUT2D eigenvalue weighted by Crippen LogP contribution is 2.51. The van der Waals surface area contributed by atoms with Crippen LogP contribution in [0.2, 0.25) is 0 Å². The van der Waals surface area contributed by atoms with E-state index in [1.54, 1.807) is 11.8 Å². The molecule has 1 aromatic rings. The Labute approximate surface area is 228 Å². The maximum atomic E-state index is 13.1. The molecule has 1 aromatic heterocycles. The van der Waals surface area contributed by atoms with Crippen molar-refractivity contribution in [1.82, 2.24) is 40.6 Å². The lowest BCUT2D eigenvalue weighted by Gasteiger charge is -2.47. The first-order chi connectivity index (χ1) is 18.6. The zero-order valence-electron chi connectivity index (χ0n) is 21.6. The number of carbonyl (C=O) groups is 4. The summed E-state index contributed by atoms with van der Waals surface area (Å²) in [7, 11) is 0. The SMILES string of the molecule is C[C@@H](NC(=O)Cn1cnnn1)[C@H]1C(=O)N2C(C(=O)O)=C(S[C@@H]3CN[C@H](C(=O)N4CC(O)C(CN)C4)C3)[C@H](C)[C@H]12. The van der Waals surface area contributed by atoms with Gasteiger partial charge in [0.15, 0.2) is 0 Å². The van der Waals surface area contributed by atoms with Crippen molar-refractivity contribution in [3.63, 3.8) is 0 Å². The van der Waals surface area contributed by atoms with Gasteiger partial charge in [0.2, 0.25) is 17.7 Å². The summed E-state index contributed by atoms with van der Waals surface area (Å²) >= 11 is 1.40. The van der Waals surface area contributed by atoms with Crippen molar-refractivity contribution in [1.29, 1.82) is 0 Å². The first kappa shape index (κ1) is 27.5. The van der Waals surface area contributed by atoms with Crippen LogP contribution in [0.4, 0.5) is 0 Å². The van der Waals surface area contributed by atoms with E-state index in [9.17, 15) is 29.4 Å². The van der Waals surface area contributed by atoms with Gasteiger partial charge in [-0.05, 0) is 30.3 Å². The van der Waals surface area contributed by atoms with Crippen molar-refractivity contribution in [2.45, 2.75) is 56.3 Å². The predicted molar refractivity (Wildman–Crippen MR) is 136 cm³/mol. The van der Waals surface area contributed by atoms with Crippen molar-refractivity contribution in [2.24, 2.45) is 23.5 Å². The molecule has 4 aliphatic heterocycles. The summed E-state index contributed by atoms with van der Waals surface area (Å²) in [5, 5.41) is 36.8. The second-order valence-corrected chi connectivity index (χ2v) is 12.0. The molecule has 0 spiro atoms. The van der Waals surface area contributed by atoms with Crippen LogP contribution in [-0.4, -0.2) is 120 Å². The molecule has 2 unspecified atom stereocenters. The van der Waals surface area contributed by atoms with Gasteiger partial charge >= 0.3 is 5.97 Å². The summed E-state index contributed by atoms with van der Waals surface area (Å²) in [6, 6.07) is -1.34. The van der Waals surface area contributed by atoms with Crippen LogP contribution in [0.25, 0.3) is 0 Å². The number of aliphatic hydroxyl groups excluding tert-OH is 1. The number of likely N-dealkylation sites (tertiary alicyclic amines) is 1. The Bertz CT molecular complexity index is 1180. The number of nitrogens with two attached hydrogens (primary N) is 1. The number of hydrogen-bond acceptors (Lipinski definition) is 11. The van der Waals surface area contributed by atoms with Crippen LogP contribution >= 0.6 is 11.8 Å². The quantitative estimate of drug-likeness (QED) is 0.193. The third-order valence-corrected chi connectivity index (χ3v) is 9.63. The fourth-order valence-corrected chi connectivity index (χ4v) is 7.61. The maximum Gasteiger partial charge on any atom is 0.353 e. The van der Waals surface area contributed by atoms with Gasteiger partial charge in [0.05, 0.1) is 24.1 Å². The van der Waals surface area contributed by atoms with E-state index in [-0.39, 0.29) is 59.6 Å². The summed E-state index contributed by atoms with van der Waals surface area (Å²) < 4.78 is 1.27. The minimum Gasteiger partial charge on any atom is -0.477 e. The Morgan fingerprint density at radius 1 is 1.33 bits per heavy atom. The molecule has 0 saturated carbocycles. The van der Waals surface area contributed by atoms with Gasteiger partial charge in [0.25, 0.3) is 0 Å². The Balaban J connectivity index is 1.22. The molecule has 4 aliphatic rings. The van der Waals surface area contributed by atoms with Gasteiger partial charge in [-0.1, -0.05) is 6.92 Å². The molecule has 3 fully saturated rings. The normalized spacial score (nSPS) is 32.8. The average molecular weight is 564 g/mol. The Kier molecular flexibility index (Phi) is 7.63. The van der Waals surface area contributed by atoms with Gasteiger partial charge in [-0.15, -0.1) is 16.9 Å². The number of nitrogens with one attached hydrogen (secondary N) is 2. The molecule has 15 nitrogen and oxygen atoms in total. The highest BCUT2D eigenvalue weighted by Gasteiger charge is 2.60. The van der Waals surface area contributed by atoms with Gasteiger partial charge in [-0.25, -0.2) is 9.48 Å². The second-order valence-electron chi connectivity index (χ2n) is 10.6. The lowest BCUT2D eigenvalue weighted by Crippen LogP contribution is -2.66. The van der Waals surface area contributed by atoms with Crippen LogP contribution < -0.4 is 16.4 Å². The minimum absolute atomic E-state index is 0.0193. The standard InChI is InChI=1S/C23H33N9O6S/c1-10-18-17(11(2)27-16(34)8-31-9-26-28-29-31)22(36)32(18)19(23(37)38)20(10)39-13-3-14(25-5-13)21(35)30-6-12(4-24)15(33)7-30/h9-15,17-18,25,33H,3-8,24H2,1-2H3,(H,27,34)(H,37,38)/t10-,11-,12?,13+,14+,15?,17-,18-/m1/s1. The number of thioether (sulfide) groups is 1. The first-order valence-corrected chi connectivity index (χ1v) is 13.9. The highest BCUT2D eigenvalue weighted by molar-refractivity contribution is 8.03. The van der Waals surface area contributed by atoms with Crippen molar-refractivity contribution in [3.8, 4) is 0 Å². The zero-order chi connectivity index (χ0) is 28.0. The molecule has 0 bridgehead atoms. The van der Waals surface area contributed by atoms with Crippen molar-refractivity contribution >= 4 is 35.5 Å². The zero-order valence-corrected chi connectivity index (χ0v) is 22.5. The molecule has 6 N–H and O–H groups in total. The molecule has 212 valence electrons. The Morgan fingerprint density at radius 3 is 2.74 bits per heavy atom. The number of carbonyl (C=O) groups excluding carboxylic acids is 3. The van der Waals surface area contributed by atoms with E-state index >= 15 is 0 Å². The maximum absolute atomic E-state index is 13.1. The Morgan fingerprint density at radius 2 is 2.10 bits per heavy atom. The van der Waals surface area contributed by atoms with Crippen molar-refractivity contribution in [2.75, 3.05) is 26.2 Å². The van der Waals surface area contributed by atoms with Gasteiger partial charge in [0, 0.05) is 47.7 Å². The largest absolute Gasteiger partial charge is 0.477 e. The number of carboxylic acids is 1. The number of aliphatic carboxylic acids is 1. The number of aromatic nitrogens is 4. The molecule has 39 heavy (non-hydrogen) atoms. The van der Waals surface area contributed by atoms with E-state index in [2.05, 4.69) is 26.2 Å². The van der Waals surface area contributed by atoms with Gasteiger partial charge < -0.3 is 36.4 Å². The molecule has 16 heteroatoms. The summed E-state index contributed by atoms with van der Waals surface area (Å²) in [6.07, 6.45) is 1.18. The van der Waals surface area contributed by atoms with E-state index in [1.807, 2.05) is 6.92 Å². The lowest BCUT2D eigenvalue weighted by molar-refractivity contribution is -0.158. The van der Waals surface area contributed by atoms with E-state index < -0.39 is 30.1 Å². The van der Waals surface area contributed by atoms with Crippen molar-refractivity contribution < 1.29 is 29.4 Å². The number of aliphatic hydroxyl groups is 1. The van der Waals surface area contributed by atoms with Crippen LogP contribution in [0.15, 0.2) is 16.9 Å². The van der Waals surface area contributed by atoms with E-state index in [0.29, 0.717) is 31.0 Å². The monoisotopic (exact) mass is 563 g/mol. The van der Waals surface area contributed by atoms with Crippen molar-refractivity contribution in [3.05, 3.63) is 16.9 Å². The molecule has 0 aromatic carbocycles. The van der Waals surface area contributed by atoms with Gasteiger partial charge in [-0.3, -0.25) is 14.4 Å². The number of amides is 3. The van der Waals surface area contributed by atoms with Crippen LogP contribution in [0.1, 0.15) is 20.3 Å². The van der Waals surface area contributed by atoms with Crippen LogP contribution in [0.3, 0.4) is 0 Å². The topological polar surface area (TPSA) is 209 Å². The number of hydrogen-bond donors (Lipinski definition) is 5. The molecular formula is C23H33N9O6S. The highest BCUT2D eigenvalue weighted by atomic mass is 32.2. The molecular weight excluding hydrogens is 530 g/mol. The molecule has 3 amide bonds. The van der Waals surface area contributed by atoms with E-state index in [0.717, 1.165) is 0 Å². The third kappa shape index (κ3) is 5.01. The summed E-state index contributed by atoms with van der Waals surface area (Å²) in [6.45, 7) is 5.03. The number of nitrogens with zero attached hydrogens (tertiary/aromatic N) is 6. The van der Waals surface area contributed by atoms with Crippen LogP contribution in [0.5, 0.6) is 0 Å². The molecule has 0 aliphatic carbocycles. The fraction of sp³-hybridized carbons (Fsp3) is 0.696. The van der Waals surface area contributed by atoms with E-state index in [4.69, 9.17) is 5.73 Å². The number of rotatable bonds is 9. The van der Waals surface area contributed by atoms with Gasteiger partial charge in [0.1, 0.15) is 18.6 Å². The number of tetrazole rings is 1. The molecule has 8 atom stereocenters.